The van der Waals surface area contributed by atoms with E-state index < -0.39 is 0 Å². The Kier molecular flexibility index (Phi) is 5.38. The zero-order valence-corrected chi connectivity index (χ0v) is 16.7. The fraction of sp³-hybridized carbons (Fsp3) is 0.292. The van der Waals surface area contributed by atoms with Gasteiger partial charge in [0.15, 0.2) is 0 Å². The van der Waals surface area contributed by atoms with Crippen LogP contribution in [0.2, 0.25) is 0 Å². The molecule has 1 fully saturated rings. The number of carbonyl (C=O) groups excluding carboxylic acids is 1. The topological polar surface area (TPSA) is 45.3 Å². The minimum absolute atomic E-state index is 0.0193. The molecule has 1 amide bonds. The minimum Gasteiger partial charge on any atom is -0.497 e. The smallest absolute Gasteiger partial charge is 0.246 e. The molecule has 2 heterocycles. The van der Waals surface area contributed by atoms with Gasteiger partial charge in [-0.2, -0.15) is 0 Å². The van der Waals surface area contributed by atoms with Crippen molar-refractivity contribution in [2.75, 3.05) is 20.2 Å². The highest BCUT2D eigenvalue weighted by molar-refractivity contribution is 5.95. The maximum Gasteiger partial charge on any atom is 0.246 e. The number of aromatic amines is 1. The van der Waals surface area contributed by atoms with Crippen LogP contribution in [-0.4, -0.2) is 36.0 Å². The molecule has 0 saturated carbocycles. The summed E-state index contributed by atoms with van der Waals surface area (Å²) in [7, 11) is 1.68. The van der Waals surface area contributed by atoms with E-state index in [1.54, 1.807) is 25.3 Å². The molecule has 1 aromatic heterocycles. The maximum atomic E-state index is 13.1. The number of aromatic nitrogens is 1. The predicted molar refractivity (Wildman–Crippen MR) is 113 cm³/mol. The Morgan fingerprint density at radius 2 is 1.90 bits per heavy atom. The van der Waals surface area contributed by atoms with Gasteiger partial charge in [-0.1, -0.05) is 12.1 Å². The number of amides is 1. The molecule has 0 unspecified atom stereocenters. The number of nitrogens with zero attached hydrogens (tertiary/aromatic N) is 1. The number of rotatable bonds is 4. The molecule has 2 aromatic carbocycles. The van der Waals surface area contributed by atoms with Gasteiger partial charge in [0.2, 0.25) is 5.91 Å². The van der Waals surface area contributed by atoms with Gasteiger partial charge in [-0.25, -0.2) is 4.39 Å². The SMILES string of the molecule is COc1ccc2[nH]cc(C3CCN(C(=O)/C=C(\C)c4ccc(F)cc4)CC3)c2c1. The number of nitrogens with one attached hydrogen (secondary N) is 1. The van der Waals surface area contributed by atoms with E-state index in [0.717, 1.165) is 48.3 Å². The molecule has 0 radical (unpaired) electrons. The minimum atomic E-state index is -0.273. The van der Waals surface area contributed by atoms with Gasteiger partial charge in [0.1, 0.15) is 11.6 Å². The fourth-order valence-corrected chi connectivity index (χ4v) is 4.07. The van der Waals surface area contributed by atoms with Crippen LogP contribution in [0.15, 0.2) is 54.7 Å². The number of benzene rings is 2. The zero-order chi connectivity index (χ0) is 20.4. The second-order valence-corrected chi connectivity index (χ2v) is 7.59. The van der Waals surface area contributed by atoms with Crippen molar-refractivity contribution in [2.45, 2.75) is 25.7 Å². The Hall–Kier alpha value is -3.08. The lowest BCUT2D eigenvalue weighted by Crippen LogP contribution is -2.37. The average Bonchev–Trinajstić information content (AvgIpc) is 3.17. The molecule has 3 aromatic rings. The number of allylic oxidation sites excluding steroid dienone is 1. The molecule has 4 rings (SSSR count). The predicted octanol–water partition coefficient (Wildman–Crippen LogP) is 5.13. The number of ether oxygens (including phenoxy) is 1. The monoisotopic (exact) mass is 392 g/mol. The second-order valence-electron chi connectivity index (χ2n) is 7.59. The summed E-state index contributed by atoms with van der Waals surface area (Å²) in [5.74, 6) is 1.02. The van der Waals surface area contributed by atoms with Gasteiger partial charge in [0, 0.05) is 36.3 Å². The summed E-state index contributed by atoms with van der Waals surface area (Å²) in [6, 6.07) is 12.3. The highest BCUT2D eigenvalue weighted by Crippen LogP contribution is 2.34. The van der Waals surface area contributed by atoms with E-state index in [1.165, 1.54) is 23.1 Å². The number of carbonyl (C=O) groups is 1. The van der Waals surface area contributed by atoms with Crippen molar-refractivity contribution in [3.63, 3.8) is 0 Å². The first-order chi connectivity index (χ1) is 14.0. The van der Waals surface area contributed by atoms with Gasteiger partial charge in [-0.15, -0.1) is 0 Å². The lowest BCUT2D eigenvalue weighted by atomic mass is 9.89. The third kappa shape index (κ3) is 4.04. The Bertz CT molecular complexity index is 1040. The number of methoxy groups -OCH3 is 1. The number of halogens is 1. The van der Waals surface area contributed by atoms with Crippen LogP contribution in [0.4, 0.5) is 4.39 Å². The van der Waals surface area contributed by atoms with Crippen molar-refractivity contribution in [2.24, 2.45) is 0 Å². The van der Waals surface area contributed by atoms with E-state index in [4.69, 9.17) is 4.74 Å². The van der Waals surface area contributed by atoms with Crippen molar-refractivity contribution >= 4 is 22.4 Å². The molecule has 5 heteroatoms. The summed E-state index contributed by atoms with van der Waals surface area (Å²) < 4.78 is 18.5. The van der Waals surface area contributed by atoms with Crippen molar-refractivity contribution in [1.29, 1.82) is 0 Å². The van der Waals surface area contributed by atoms with Crippen LogP contribution in [0.3, 0.4) is 0 Å². The highest BCUT2D eigenvalue weighted by Gasteiger charge is 2.25. The molecule has 0 aliphatic carbocycles. The summed E-state index contributed by atoms with van der Waals surface area (Å²) in [6.07, 6.45) is 5.60. The van der Waals surface area contributed by atoms with Gasteiger partial charge in [-0.05, 0) is 72.7 Å². The van der Waals surface area contributed by atoms with Gasteiger partial charge < -0.3 is 14.6 Å². The molecule has 0 spiro atoms. The maximum absolute atomic E-state index is 13.1. The molecule has 0 atom stereocenters. The van der Waals surface area contributed by atoms with E-state index >= 15 is 0 Å². The van der Waals surface area contributed by atoms with E-state index in [2.05, 4.69) is 17.2 Å². The number of hydrogen-bond acceptors (Lipinski definition) is 2. The standard InChI is InChI=1S/C24H25FN2O2/c1-16(17-3-5-19(25)6-4-17)13-24(28)27-11-9-18(10-12-27)22-15-26-23-8-7-20(29-2)14-21(22)23/h3-8,13-15,18,26H,9-12H2,1-2H3/b16-13+. The largest absolute Gasteiger partial charge is 0.497 e. The number of piperidine rings is 1. The van der Waals surface area contributed by atoms with Crippen molar-refractivity contribution in [1.82, 2.24) is 9.88 Å². The van der Waals surface area contributed by atoms with Gasteiger partial charge in [0.05, 0.1) is 7.11 Å². The lowest BCUT2D eigenvalue weighted by molar-refractivity contribution is -0.127. The zero-order valence-electron chi connectivity index (χ0n) is 16.7. The van der Waals surface area contributed by atoms with Crippen molar-refractivity contribution in [3.8, 4) is 5.75 Å². The Morgan fingerprint density at radius 3 is 2.59 bits per heavy atom. The third-order valence-electron chi connectivity index (χ3n) is 5.81. The number of likely N-dealkylation sites (tertiary alicyclic amines) is 1. The average molecular weight is 392 g/mol. The molecule has 1 saturated heterocycles. The molecule has 29 heavy (non-hydrogen) atoms. The molecular formula is C24H25FN2O2. The molecule has 1 aliphatic rings. The summed E-state index contributed by atoms with van der Waals surface area (Å²) in [6.45, 7) is 3.35. The van der Waals surface area contributed by atoms with Crippen LogP contribution >= 0.6 is 0 Å². The van der Waals surface area contributed by atoms with Crippen LogP contribution in [0.5, 0.6) is 5.75 Å². The molecule has 150 valence electrons. The molecule has 1 N–H and O–H groups in total. The summed E-state index contributed by atoms with van der Waals surface area (Å²) >= 11 is 0. The van der Waals surface area contributed by atoms with Crippen LogP contribution < -0.4 is 4.74 Å². The number of hydrogen-bond donors (Lipinski definition) is 1. The lowest BCUT2D eigenvalue weighted by Gasteiger charge is -2.31. The van der Waals surface area contributed by atoms with E-state index in [-0.39, 0.29) is 11.7 Å². The van der Waals surface area contributed by atoms with Gasteiger partial charge >= 0.3 is 0 Å². The molecular weight excluding hydrogens is 367 g/mol. The summed E-state index contributed by atoms with van der Waals surface area (Å²) in [5, 5.41) is 1.20. The molecule has 1 aliphatic heterocycles. The van der Waals surface area contributed by atoms with E-state index in [1.807, 2.05) is 24.0 Å². The highest BCUT2D eigenvalue weighted by atomic mass is 19.1. The first kappa shape index (κ1) is 19.2. The summed E-state index contributed by atoms with van der Waals surface area (Å²) in [5.41, 5.74) is 4.12. The van der Waals surface area contributed by atoms with Crippen molar-refractivity contribution < 1.29 is 13.9 Å². The normalized spacial score (nSPS) is 15.7. The second kappa shape index (κ2) is 8.11. The van der Waals surface area contributed by atoms with Crippen molar-refractivity contribution in [3.05, 3.63) is 71.7 Å². The first-order valence-electron chi connectivity index (χ1n) is 9.93. The van der Waals surface area contributed by atoms with Gasteiger partial charge in [0.25, 0.3) is 0 Å². The Labute approximate surface area is 170 Å². The Morgan fingerprint density at radius 1 is 1.17 bits per heavy atom. The van der Waals surface area contributed by atoms with Crippen LogP contribution in [0, 0.1) is 5.82 Å². The van der Waals surface area contributed by atoms with E-state index in [0.29, 0.717) is 5.92 Å². The van der Waals surface area contributed by atoms with Crippen LogP contribution in [0.25, 0.3) is 16.5 Å². The van der Waals surface area contributed by atoms with Gasteiger partial charge in [-0.3, -0.25) is 4.79 Å². The quantitative estimate of drug-likeness (QED) is 0.626. The molecule has 4 nitrogen and oxygen atoms in total. The number of fused-ring (bicyclic) bond motifs is 1. The van der Waals surface area contributed by atoms with Crippen LogP contribution in [-0.2, 0) is 4.79 Å². The fourth-order valence-electron chi connectivity index (χ4n) is 4.07. The van der Waals surface area contributed by atoms with Crippen LogP contribution in [0.1, 0.15) is 36.8 Å². The first-order valence-corrected chi connectivity index (χ1v) is 9.93. The molecule has 0 bridgehead atoms. The Balaban J connectivity index is 1.43. The summed E-state index contributed by atoms with van der Waals surface area (Å²) in [4.78, 5) is 17.9. The third-order valence-corrected chi connectivity index (χ3v) is 5.81. The number of H-pyrrole nitrogens is 1. The van der Waals surface area contributed by atoms with E-state index in [9.17, 15) is 9.18 Å².